The van der Waals surface area contributed by atoms with Gasteiger partial charge in [-0.2, -0.15) is 0 Å². The van der Waals surface area contributed by atoms with Crippen LogP contribution in [0, 0.1) is 20.8 Å². The molecule has 0 aliphatic carbocycles. The summed E-state index contributed by atoms with van der Waals surface area (Å²) in [6.07, 6.45) is 0. The van der Waals surface area contributed by atoms with Gasteiger partial charge in [0.2, 0.25) is 0 Å². The first-order chi connectivity index (χ1) is 13.5. The second kappa shape index (κ2) is 7.87. The van der Waals surface area contributed by atoms with Crippen molar-refractivity contribution in [3.8, 4) is 11.3 Å². The van der Waals surface area contributed by atoms with Crippen molar-refractivity contribution in [1.82, 2.24) is 20.2 Å². The Balaban J connectivity index is 1.83. The average molecular weight is 407 g/mol. The van der Waals surface area contributed by atoms with Gasteiger partial charge in [-0.3, -0.25) is 0 Å². The Kier molecular flexibility index (Phi) is 5.30. The van der Waals surface area contributed by atoms with Crippen molar-refractivity contribution in [3.05, 3.63) is 65.5 Å². The van der Waals surface area contributed by atoms with Crippen LogP contribution in [0.1, 0.15) is 17.0 Å². The Morgan fingerprint density at radius 1 is 0.821 bits per heavy atom. The van der Waals surface area contributed by atoms with Crippen molar-refractivity contribution in [2.45, 2.75) is 35.8 Å². The van der Waals surface area contributed by atoms with Crippen LogP contribution in [-0.2, 0) is 0 Å². The van der Waals surface area contributed by atoms with Crippen LogP contribution in [0.25, 0.3) is 22.0 Å². The van der Waals surface area contributed by atoms with Crippen molar-refractivity contribution in [2.24, 2.45) is 0 Å². The van der Waals surface area contributed by atoms with Crippen LogP contribution in [0.4, 0.5) is 0 Å². The van der Waals surface area contributed by atoms with Crippen molar-refractivity contribution < 1.29 is 4.55 Å². The molecule has 0 atom stereocenters. The Hall–Kier alpha value is -2.48. The molecule has 7 heteroatoms. The van der Waals surface area contributed by atoms with E-state index in [1.54, 1.807) is 0 Å². The average Bonchev–Trinajstić information content (AvgIpc) is 2.68. The minimum absolute atomic E-state index is 0.666. The van der Waals surface area contributed by atoms with Crippen LogP contribution < -0.4 is 0 Å². The predicted octanol–water partition coefficient (Wildman–Crippen LogP) is 5.73. The predicted molar refractivity (Wildman–Crippen MR) is 114 cm³/mol. The second-order valence-corrected chi connectivity index (χ2v) is 8.08. The van der Waals surface area contributed by atoms with E-state index in [4.69, 9.17) is 0 Å². The third-order valence-electron chi connectivity index (χ3n) is 4.36. The summed E-state index contributed by atoms with van der Waals surface area (Å²) >= 11 is 2.17. The van der Waals surface area contributed by atoms with Gasteiger partial charge in [-0.25, -0.2) is 9.97 Å². The molecule has 2 aromatic heterocycles. The van der Waals surface area contributed by atoms with Gasteiger partial charge < -0.3 is 4.55 Å². The van der Waals surface area contributed by atoms with Gasteiger partial charge in [-0.05, 0) is 50.2 Å². The van der Waals surface area contributed by atoms with Gasteiger partial charge in [0.25, 0.3) is 0 Å². The summed E-state index contributed by atoms with van der Waals surface area (Å²) in [5.41, 5.74) is 4.59. The molecule has 2 heterocycles. The van der Waals surface area contributed by atoms with E-state index in [0.29, 0.717) is 5.16 Å². The molecule has 5 nitrogen and oxygen atoms in total. The van der Waals surface area contributed by atoms with E-state index < -0.39 is 0 Å². The molecule has 0 unspecified atom stereocenters. The van der Waals surface area contributed by atoms with E-state index in [9.17, 15) is 4.55 Å². The summed E-state index contributed by atoms with van der Waals surface area (Å²) in [5.74, 6) is 0. The van der Waals surface area contributed by atoms with E-state index in [2.05, 4.69) is 20.2 Å². The van der Waals surface area contributed by atoms with Crippen LogP contribution in [-0.4, -0.2) is 24.7 Å². The lowest BCUT2D eigenvalue weighted by Gasteiger charge is -2.10. The number of hydrogen-bond donors (Lipinski definition) is 1. The van der Waals surface area contributed by atoms with Crippen LogP contribution in [0.15, 0.2) is 63.6 Å². The molecule has 0 saturated heterocycles. The first-order valence-corrected chi connectivity index (χ1v) is 10.3. The molecular formula is C21H18N4OS2. The molecule has 4 rings (SSSR count). The van der Waals surface area contributed by atoms with E-state index in [-0.39, 0.29) is 0 Å². The number of rotatable bonds is 4. The maximum atomic E-state index is 9.52. The minimum Gasteiger partial charge on any atom is -0.325 e. The lowest BCUT2D eigenvalue weighted by atomic mass is 10.0. The van der Waals surface area contributed by atoms with Gasteiger partial charge in [0.1, 0.15) is 10.7 Å². The van der Waals surface area contributed by atoms with Crippen LogP contribution in [0.3, 0.4) is 0 Å². The number of nitrogens with zero attached hydrogens (tertiary/aromatic N) is 4. The summed E-state index contributed by atoms with van der Waals surface area (Å²) in [6.45, 7) is 5.88. The van der Waals surface area contributed by atoms with Crippen molar-refractivity contribution in [2.75, 3.05) is 0 Å². The smallest absolute Gasteiger partial charge is 0.194 e. The summed E-state index contributed by atoms with van der Waals surface area (Å²) in [4.78, 5) is 9.82. The fourth-order valence-corrected chi connectivity index (χ4v) is 4.35. The van der Waals surface area contributed by atoms with E-state index in [1.165, 1.54) is 11.8 Å². The number of aromatic nitrogens is 4. The van der Waals surface area contributed by atoms with E-state index in [1.807, 2.05) is 69.3 Å². The fraction of sp³-hybridized carbons (Fsp3) is 0.143. The van der Waals surface area contributed by atoms with E-state index >= 15 is 0 Å². The number of benzene rings is 2. The molecule has 0 aliphatic rings. The molecule has 2 aromatic carbocycles. The van der Waals surface area contributed by atoms with Crippen molar-refractivity contribution in [3.63, 3.8) is 0 Å². The molecule has 28 heavy (non-hydrogen) atoms. The summed E-state index contributed by atoms with van der Waals surface area (Å²) in [6, 6.07) is 15.9. The second-order valence-electron chi connectivity index (χ2n) is 6.51. The fourth-order valence-electron chi connectivity index (χ4n) is 3.04. The van der Waals surface area contributed by atoms with Gasteiger partial charge in [0.05, 0.1) is 0 Å². The molecule has 0 spiro atoms. The van der Waals surface area contributed by atoms with Crippen LogP contribution in [0.2, 0.25) is 0 Å². The summed E-state index contributed by atoms with van der Waals surface area (Å²) in [5, 5.41) is 12.4. The normalized spacial score (nSPS) is 11.1. The SMILES string of the molecule is Cc1cc(C)nc(Sc2nnc(-c3ccc(C)c(SO)c3)c3ccccc23)n1. The third kappa shape index (κ3) is 3.73. The maximum absolute atomic E-state index is 9.52. The Bertz CT molecular complexity index is 1160. The molecule has 0 bridgehead atoms. The zero-order valence-corrected chi connectivity index (χ0v) is 17.3. The topological polar surface area (TPSA) is 71.8 Å². The van der Waals surface area contributed by atoms with Crippen molar-refractivity contribution >= 4 is 34.6 Å². The first-order valence-electron chi connectivity index (χ1n) is 8.73. The lowest BCUT2D eigenvalue weighted by Crippen LogP contribution is -1.97. The highest BCUT2D eigenvalue weighted by Gasteiger charge is 2.14. The van der Waals surface area contributed by atoms with Gasteiger partial charge in [-0.1, -0.05) is 36.4 Å². The monoisotopic (exact) mass is 406 g/mol. The van der Waals surface area contributed by atoms with Gasteiger partial charge in [0.15, 0.2) is 5.16 Å². The number of hydrogen-bond acceptors (Lipinski definition) is 7. The first kappa shape index (κ1) is 18.9. The molecule has 0 fully saturated rings. The summed E-state index contributed by atoms with van der Waals surface area (Å²) in [7, 11) is 0. The standard InChI is InChI=1S/C21H18N4OS2/c1-12-8-9-15(11-18(12)28-26)19-16-6-4-5-7-17(16)20(25-24-19)27-21-22-13(2)10-14(3)23-21/h4-11,26H,1-3H3. The maximum Gasteiger partial charge on any atom is 0.194 e. The number of aryl methyl sites for hydroxylation is 3. The zero-order valence-electron chi connectivity index (χ0n) is 15.7. The highest BCUT2D eigenvalue weighted by Crippen LogP contribution is 2.35. The Morgan fingerprint density at radius 2 is 1.54 bits per heavy atom. The largest absolute Gasteiger partial charge is 0.325 e. The molecule has 0 aliphatic heterocycles. The minimum atomic E-state index is 0.666. The summed E-state index contributed by atoms with van der Waals surface area (Å²) < 4.78 is 9.52. The molecule has 0 amide bonds. The zero-order chi connectivity index (χ0) is 19.7. The number of fused-ring (bicyclic) bond motifs is 1. The van der Waals surface area contributed by atoms with Gasteiger partial charge >= 0.3 is 0 Å². The Labute approximate surface area is 171 Å². The van der Waals surface area contributed by atoms with Crippen molar-refractivity contribution in [1.29, 1.82) is 0 Å². The highest BCUT2D eigenvalue weighted by atomic mass is 32.2. The van der Waals surface area contributed by atoms with Gasteiger partial charge in [-0.15, -0.1) is 10.2 Å². The molecule has 0 saturated carbocycles. The molecule has 0 radical (unpaired) electrons. The Morgan fingerprint density at radius 3 is 2.25 bits per heavy atom. The molecule has 1 N–H and O–H groups in total. The van der Waals surface area contributed by atoms with Crippen LogP contribution in [0.5, 0.6) is 0 Å². The third-order valence-corrected chi connectivity index (χ3v) is 5.86. The van der Waals surface area contributed by atoms with E-state index in [0.717, 1.165) is 60.9 Å². The molecular weight excluding hydrogens is 388 g/mol. The lowest BCUT2D eigenvalue weighted by molar-refractivity contribution is 0.663. The van der Waals surface area contributed by atoms with Gasteiger partial charge in [0, 0.05) is 44.7 Å². The quantitative estimate of drug-likeness (QED) is 0.343. The molecule has 140 valence electrons. The molecule has 4 aromatic rings. The highest BCUT2D eigenvalue weighted by molar-refractivity contribution is 7.99. The van der Waals surface area contributed by atoms with Crippen LogP contribution >= 0.6 is 23.8 Å².